The molecule has 0 amide bonds. The molecular formula is C24H23N3O5. The number of aromatic nitrogens is 1. The topological polar surface area (TPSA) is 113 Å². The van der Waals surface area contributed by atoms with Crippen LogP contribution in [0.4, 0.5) is 0 Å². The van der Waals surface area contributed by atoms with Crippen molar-refractivity contribution in [2.24, 2.45) is 5.73 Å². The maximum atomic E-state index is 13.6. The van der Waals surface area contributed by atoms with E-state index in [2.05, 4.69) is 6.07 Å². The van der Waals surface area contributed by atoms with E-state index < -0.39 is 5.92 Å². The van der Waals surface area contributed by atoms with Gasteiger partial charge in [0.05, 0.1) is 32.0 Å². The van der Waals surface area contributed by atoms with Gasteiger partial charge in [-0.05, 0) is 43.2 Å². The highest BCUT2D eigenvalue weighted by Crippen LogP contribution is 2.40. The van der Waals surface area contributed by atoms with Gasteiger partial charge in [-0.2, -0.15) is 5.26 Å². The normalized spacial score (nSPS) is 15.0. The second-order valence-corrected chi connectivity index (χ2v) is 7.40. The SMILES string of the molecule is COc1ccc(CCn2c(C)cc3c(c2=O)[C@@H](c2ccco2)C(C#N)=C(N)O3)cc1OC. The highest BCUT2D eigenvalue weighted by atomic mass is 16.5. The summed E-state index contributed by atoms with van der Waals surface area (Å²) in [6, 6.07) is 12.9. The van der Waals surface area contributed by atoms with Crippen LogP contribution in [0.1, 0.15) is 28.5 Å². The molecule has 0 unspecified atom stereocenters. The first kappa shape index (κ1) is 21.1. The van der Waals surface area contributed by atoms with E-state index in [4.69, 9.17) is 24.4 Å². The van der Waals surface area contributed by atoms with Crippen molar-refractivity contribution in [2.45, 2.75) is 25.8 Å². The monoisotopic (exact) mass is 433 g/mol. The molecule has 8 nitrogen and oxygen atoms in total. The van der Waals surface area contributed by atoms with Gasteiger partial charge in [-0.15, -0.1) is 0 Å². The van der Waals surface area contributed by atoms with Gasteiger partial charge in [0, 0.05) is 18.3 Å². The summed E-state index contributed by atoms with van der Waals surface area (Å²) in [5, 5.41) is 9.67. The fourth-order valence-electron chi connectivity index (χ4n) is 3.98. The zero-order valence-electron chi connectivity index (χ0n) is 18.0. The van der Waals surface area contributed by atoms with Crippen molar-refractivity contribution in [1.29, 1.82) is 5.26 Å². The summed E-state index contributed by atoms with van der Waals surface area (Å²) in [4.78, 5) is 13.6. The third kappa shape index (κ3) is 3.58. The number of nitrogens with two attached hydrogens (primary N) is 1. The molecule has 164 valence electrons. The van der Waals surface area contributed by atoms with Crippen molar-refractivity contribution >= 4 is 0 Å². The second kappa shape index (κ2) is 8.55. The van der Waals surface area contributed by atoms with Gasteiger partial charge in [0.1, 0.15) is 23.2 Å². The molecule has 0 fully saturated rings. The van der Waals surface area contributed by atoms with Crippen molar-refractivity contribution in [3.8, 4) is 23.3 Å². The van der Waals surface area contributed by atoms with E-state index in [1.807, 2.05) is 25.1 Å². The standard InChI is InChI=1S/C24H23N3O5/c1-14-11-20-22(21(18-5-4-10-31-18)16(13-25)23(26)32-20)24(28)27(14)9-8-15-6-7-17(29-2)19(12-15)30-3/h4-7,10-12,21H,8-9,26H2,1-3H3/t21-/m1/s1. The zero-order chi connectivity index (χ0) is 22.8. The van der Waals surface area contributed by atoms with E-state index in [0.29, 0.717) is 41.5 Å². The summed E-state index contributed by atoms with van der Waals surface area (Å²) < 4.78 is 23.5. The van der Waals surface area contributed by atoms with Crippen molar-refractivity contribution in [3.05, 3.63) is 87.1 Å². The average molecular weight is 433 g/mol. The van der Waals surface area contributed by atoms with Crippen LogP contribution >= 0.6 is 0 Å². The van der Waals surface area contributed by atoms with Crippen molar-refractivity contribution in [3.63, 3.8) is 0 Å². The number of benzene rings is 1. The number of ether oxygens (including phenoxy) is 3. The Morgan fingerprint density at radius 1 is 1.19 bits per heavy atom. The van der Waals surface area contributed by atoms with E-state index in [0.717, 1.165) is 11.3 Å². The molecule has 32 heavy (non-hydrogen) atoms. The van der Waals surface area contributed by atoms with Gasteiger partial charge in [0.2, 0.25) is 5.88 Å². The first-order valence-electron chi connectivity index (χ1n) is 10.0. The largest absolute Gasteiger partial charge is 0.493 e. The summed E-state index contributed by atoms with van der Waals surface area (Å²) in [6.07, 6.45) is 2.09. The molecule has 0 radical (unpaired) electrons. The van der Waals surface area contributed by atoms with Gasteiger partial charge in [-0.1, -0.05) is 6.07 Å². The number of rotatable bonds is 6. The summed E-state index contributed by atoms with van der Waals surface area (Å²) in [5.74, 6) is 1.33. The minimum absolute atomic E-state index is 0.0247. The van der Waals surface area contributed by atoms with Crippen molar-refractivity contribution in [2.75, 3.05) is 14.2 Å². The Balaban J connectivity index is 1.74. The minimum atomic E-state index is -0.723. The molecule has 0 saturated carbocycles. The summed E-state index contributed by atoms with van der Waals surface area (Å²) in [5.41, 5.74) is 7.94. The van der Waals surface area contributed by atoms with Crippen molar-refractivity contribution < 1.29 is 18.6 Å². The van der Waals surface area contributed by atoms with Crippen LogP contribution in [0.2, 0.25) is 0 Å². The number of nitriles is 1. The molecule has 3 heterocycles. The molecule has 1 aromatic carbocycles. The maximum absolute atomic E-state index is 13.6. The highest BCUT2D eigenvalue weighted by molar-refractivity contribution is 5.53. The molecule has 0 saturated heterocycles. The fourth-order valence-corrected chi connectivity index (χ4v) is 3.98. The van der Waals surface area contributed by atoms with E-state index in [9.17, 15) is 10.1 Å². The predicted octanol–water partition coefficient (Wildman–Crippen LogP) is 3.23. The van der Waals surface area contributed by atoms with E-state index in [1.54, 1.807) is 37.0 Å². The first-order chi connectivity index (χ1) is 15.5. The van der Waals surface area contributed by atoms with Gasteiger partial charge in [-0.25, -0.2) is 0 Å². The molecule has 8 heteroatoms. The molecule has 4 rings (SSSR count). The summed E-state index contributed by atoms with van der Waals surface area (Å²) in [6.45, 7) is 2.26. The Bertz CT molecular complexity index is 1280. The number of hydrogen-bond acceptors (Lipinski definition) is 7. The van der Waals surface area contributed by atoms with Crippen LogP contribution in [0, 0.1) is 18.3 Å². The van der Waals surface area contributed by atoms with Crippen LogP contribution < -0.4 is 25.5 Å². The number of nitrogens with zero attached hydrogens (tertiary/aromatic N) is 2. The Labute approximate surface area is 185 Å². The molecule has 1 aliphatic heterocycles. The lowest BCUT2D eigenvalue weighted by atomic mass is 9.88. The number of furan rings is 1. The summed E-state index contributed by atoms with van der Waals surface area (Å²) >= 11 is 0. The molecule has 3 aromatic rings. The second-order valence-electron chi connectivity index (χ2n) is 7.40. The van der Waals surface area contributed by atoms with Crippen LogP contribution in [-0.2, 0) is 13.0 Å². The van der Waals surface area contributed by atoms with Gasteiger partial charge >= 0.3 is 0 Å². The number of allylic oxidation sites excluding steroid dienone is 1. The number of methoxy groups -OCH3 is 2. The molecule has 0 bridgehead atoms. The average Bonchev–Trinajstić information content (AvgIpc) is 3.32. The third-order valence-corrected chi connectivity index (χ3v) is 5.59. The zero-order valence-corrected chi connectivity index (χ0v) is 18.0. The van der Waals surface area contributed by atoms with Crippen molar-refractivity contribution in [1.82, 2.24) is 4.57 Å². The molecular weight excluding hydrogens is 410 g/mol. The minimum Gasteiger partial charge on any atom is -0.493 e. The lowest BCUT2D eigenvalue weighted by molar-refractivity contribution is 0.354. The lowest BCUT2D eigenvalue weighted by Crippen LogP contribution is -2.33. The fraction of sp³-hybridized carbons (Fsp3) is 0.250. The molecule has 2 N–H and O–H groups in total. The van der Waals surface area contributed by atoms with Crippen LogP contribution in [-0.4, -0.2) is 18.8 Å². The van der Waals surface area contributed by atoms with Crippen LogP contribution in [0.3, 0.4) is 0 Å². The Morgan fingerprint density at radius 2 is 1.97 bits per heavy atom. The number of fused-ring (bicyclic) bond motifs is 1. The van der Waals surface area contributed by atoms with E-state index in [-0.39, 0.29) is 17.0 Å². The smallest absolute Gasteiger partial charge is 0.258 e. The van der Waals surface area contributed by atoms with Gasteiger partial charge in [-0.3, -0.25) is 4.79 Å². The summed E-state index contributed by atoms with van der Waals surface area (Å²) in [7, 11) is 3.17. The Morgan fingerprint density at radius 3 is 2.62 bits per heavy atom. The molecule has 1 aliphatic rings. The van der Waals surface area contributed by atoms with Crippen LogP contribution in [0.5, 0.6) is 17.2 Å². The number of hydrogen-bond donors (Lipinski definition) is 1. The van der Waals surface area contributed by atoms with Gasteiger partial charge in [0.15, 0.2) is 11.5 Å². The van der Waals surface area contributed by atoms with Gasteiger partial charge in [0.25, 0.3) is 5.56 Å². The lowest BCUT2D eigenvalue weighted by Gasteiger charge is -2.26. The highest BCUT2D eigenvalue weighted by Gasteiger charge is 2.36. The third-order valence-electron chi connectivity index (χ3n) is 5.59. The number of pyridine rings is 1. The van der Waals surface area contributed by atoms with E-state index >= 15 is 0 Å². The quantitative estimate of drug-likeness (QED) is 0.635. The van der Waals surface area contributed by atoms with Crippen LogP contribution in [0.25, 0.3) is 0 Å². The molecule has 0 aliphatic carbocycles. The molecule has 2 aromatic heterocycles. The molecule has 1 atom stereocenters. The first-order valence-corrected chi connectivity index (χ1v) is 10.0. The Hall–Kier alpha value is -4.12. The molecule has 0 spiro atoms. The number of aryl methyl sites for hydroxylation is 2. The maximum Gasteiger partial charge on any atom is 0.258 e. The van der Waals surface area contributed by atoms with Crippen LogP contribution in [0.15, 0.2) is 63.3 Å². The predicted molar refractivity (Wildman–Crippen MR) is 117 cm³/mol. The van der Waals surface area contributed by atoms with Gasteiger partial charge < -0.3 is 28.9 Å². The Kier molecular flexibility index (Phi) is 5.65. The van der Waals surface area contributed by atoms with E-state index in [1.165, 1.54) is 6.26 Å².